The van der Waals surface area contributed by atoms with Crippen molar-refractivity contribution < 1.29 is 0 Å². The molecule has 0 aliphatic heterocycles. The third-order valence-electron chi connectivity index (χ3n) is 3.23. The summed E-state index contributed by atoms with van der Waals surface area (Å²) in [5.41, 5.74) is 1.07. The van der Waals surface area contributed by atoms with Crippen molar-refractivity contribution in [1.82, 2.24) is 0 Å². The van der Waals surface area contributed by atoms with Crippen LogP contribution in [0.4, 0.5) is 0 Å². The molecule has 0 bridgehead atoms. The Kier molecular flexibility index (Phi) is 6.22. The van der Waals surface area contributed by atoms with Crippen molar-refractivity contribution in [2.75, 3.05) is 0 Å². The zero-order chi connectivity index (χ0) is 13.3. The van der Waals surface area contributed by atoms with E-state index in [1.807, 2.05) is 13.0 Å². The van der Waals surface area contributed by atoms with Crippen LogP contribution in [0.3, 0.4) is 0 Å². The van der Waals surface area contributed by atoms with Crippen molar-refractivity contribution in [1.29, 1.82) is 5.26 Å². The molecule has 0 aliphatic rings. The quantitative estimate of drug-likeness (QED) is 0.623. The largest absolute Gasteiger partial charge is 0.197 e. The molecule has 1 atom stereocenters. The summed E-state index contributed by atoms with van der Waals surface area (Å²) in [6.45, 7) is 4.19. The van der Waals surface area contributed by atoms with Gasteiger partial charge in [-0.2, -0.15) is 5.26 Å². The summed E-state index contributed by atoms with van der Waals surface area (Å²) in [5.74, 6) is 0. The van der Waals surface area contributed by atoms with Gasteiger partial charge in [0.25, 0.3) is 0 Å². The van der Waals surface area contributed by atoms with Crippen LogP contribution < -0.4 is 0 Å². The van der Waals surface area contributed by atoms with Gasteiger partial charge in [0.05, 0.1) is 11.5 Å². The second kappa shape index (κ2) is 7.71. The first kappa shape index (κ1) is 14.5. The van der Waals surface area contributed by atoms with E-state index in [2.05, 4.69) is 49.4 Å². The summed E-state index contributed by atoms with van der Waals surface area (Å²) in [5, 5.41) is 9.23. The fourth-order valence-corrected chi connectivity index (χ4v) is 1.96. The molecular weight excluding hydrogens is 218 g/mol. The summed E-state index contributed by atoms with van der Waals surface area (Å²) in [4.78, 5) is 0. The van der Waals surface area contributed by atoms with Gasteiger partial charge >= 0.3 is 0 Å². The Bertz CT molecular complexity index is 399. The number of hydrogen-bond acceptors (Lipinski definition) is 1. The number of hydrogen-bond donors (Lipinski definition) is 0. The Balaban J connectivity index is 2.41. The first-order valence-corrected chi connectivity index (χ1v) is 6.83. The van der Waals surface area contributed by atoms with Gasteiger partial charge in [0.1, 0.15) is 0 Å². The van der Waals surface area contributed by atoms with Crippen LogP contribution in [0.2, 0.25) is 0 Å². The lowest BCUT2D eigenvalue weighted by molar-refractivity contribution is 0.486. The number of nitrogens with zero attached hydrogens (tertiary/aromatic N) is 1. The summed E-state index contributed by atoms with van der Waals surface area (Å²) in [6, 6.07) is 12.9. The van der Waals surface area contributed by atoms with Gasteiger partial charge in [0.2, 0.25) is 0 Å². The normalized spacial score (nSPS) is 14.3. The van der Waals surface area contributed by atoms with Crippen LogP contribution >= 0.6 is 0 Å². The van der Waals surface area contributed by atoms with Crippen LogP contribution in [0.15, 0.2) is 42.5 Å². The van der Waals surface area contributed by atoms with E-state index in [-0.39, 0.29) is 5.41 Å². The van der Waals surface area contributed by atoms with Crippen LogP contribution in [-0.4, -0.2) is 0 Å². The molecule has 1 heteroatoms. The highest BCUT2D eigenvalue weighted by Gasteiger charge is 2.18. The number of unbranched alkanes of at least 4 members (excludes halogenated alkanes) is 1. The van der Waals surface area contributed by atoms with Gasteiger partial charge in [-0.15, -0.1) is 0 Å². The molecule has 1 aromatic carbocycles. The second-order valence-corrected chi connectivity index (χ2v) is 5.06. The molecule has 1 aromatic rings. The van der Waals surface area contributed by atoms with Crippen LogP contribution in [0.25, 0.3) is 0 Å². The number of benzene rings is 1. The summed E-state index contributed by atoms with van der Waals surface area (Å²) < 4.78 is 0. The summed E-state index contributed by atoms with van der Waals surface area (Å²) >= 11 is 0. The number of allylic oxidation sites excluding steroid dienone is 2. The lowest BCUT2D eigenvalue weighted by Gasteiger charge is -2.16. The first-order chi connectivity index (χ1) is 8.70. The van der Waals surface area contributed by atoms with Gasteiger partial charge in [0.15, 0.2) is 0 Å². The lowest BCUT2D eigenvalue weighted by atomic mass is 9.86. The maximum absolute atomic E-state index is 9.23. The molecule has 1 unspecified atom stereocenters. The maximum atomic E-state index is 9.23. The van der Waals surface area contributed by atoms with Gasteiger partial charge in [0, 0.05) is 0 Å². The van der Waals surface area contributed by atoms with Gasteiger partial charge in [-0.3, -0.25) is 0 Å². The van der Waals surface area contributed by atoms with E-state index < -0.39 is 0 Å². The van der Waals surface area contributed by atoms with Crippen molar-refractivity contribution in [3.63, 3.8) is 0 Å². The van der Waals surface area contributed by atoms with E-state index in [1.165, 1.54) is 5.56 Å². The molecule has 96 valence electrons. The zero-order valence-corrected chi connectivity index (χ0v) is 11.5. The number of rotatable bonds is 7. The standard InChI is InChI=1S/C17H23N/c1-3-4-13-17(2,15-18)14-9-8-12-16-10-6-5-7-11-16/h5-7,9-11,14H,3-4,8,12-13H2,1-2H3/b14-9+. The average Bonchev–Trinajstić information content (AvgIpc) is 2.43. The second-order valence-electron chi connectivity index (χ2n) is 5.06. The Morgan fingerprint density at radius 3 is 2.61 bits per heavy atom. The molecule has 0 fully saturated rings. The lowest BCUT2D eigenvalue weighted by Crippen LogP contribution is -2.09. The Morgan fingerprint density at radius 2 is 2.00 bits per heavy atom. The van der Waals surface area contributed by atoms with E-state index >= 15 is 0 Å². The van der Waals surface area contributed by atoms with Crippen molar-refractivity contribution in [3.8, 4) is 6.07 Å². The van der Waals surface area contributed by atoms with Crippen LogP contribution in [-0.2, 0) is 6.42 Å². The van der Waals surface area contributed by atoms with Gasteiger partial charge in [-0.05, 0) is 31.7 Å². The number of aryl methyl sites for hydroxylation is 1. The zero-order valence-electron chi connectivity index (χ0n) is 11.5. The van der Waals surface area contributed by atoms with Gasteiger partial charge < -0.3 is 0 Å². The highest BCUT2D eigenvalue weighted by Crippen LogP contribution is 2.25. The molecule has 0 saturated carbocycles. The van der Waals surface area contributed by atoms with Crippen LogP contribution in [0, 0.1) is 16.7 Å². The molecule has 0 radical (unpaired) electrons. The van der Waals surface area contributed by atoms with Gasteiger partial charge in [-0.1, -0.05) is 62.2 Å². The third kappa shape index (κ3) is 5.19. The predicted molar refractivity (Wildman–Crippen MR) is 77.1 cm³/mol. The molecule has 0 spiro atoms. The van der Waals surface area contributed by atoms with E-state index in [0.29, 0.717) is 0 Å². The summed E-state index contributed by atoms with van der Waals surface area (Å²) in [6.07, 6.45) is 9.53. The highest BCUT2D eigenvalue weighted by atomic mass is 14.3. The Labute approximate surface area is 111 Å². The fourth-order valence-electron chi connectivity index (χ4n) is 1.96. The Hall–Kier alpha value is -1.55. The molecule has 0 saturated heterocycles. The molecule has 1 nitrogen and oxygen atoms in total. The van der Waals surface area contributed by atoms with Crippen molar-refractivity contribution in [2.24, 2.45) is 5.41 Å². The van der Waals surface area contributed by atoms with E-state index in [4.69, 9.17) is 0 Å². The molecule has 0 aliphatic carbocycles. The van der Waals surface area contributed by atoms with Crippen molar-refractivity contribution in [2.45, 2.75) is 46.0 Å². The topological polar surface area (TPSA) is 23.8 Å². The van der Waals surface area contributed by atoms with Crippen LogP contribution in [0.5, 0.6) is 0 Å². The minimum Gasteiger partial charge on any atom is -0.197 e. The van der Waals surface area contributed by atoms with E-state index in [0.717, 1.165) is 32.1 Å². The molecular formula is C17H23N. The van der Waals surface area contributed by atoms with E-state index in [1.54, 1.807) is 0 Å². The highest BCUT2D eigenvalue weighted by molar-refractivity contribution is 5.16. The van der Waals surface area contributed by atoms with Crippen molar-refractivity contribution in [3.05, 3.63) is 48.0 Å². The minimum atomic E-state index is -0.285. The Morgan fingerprint density at radius 1 is 1.28 bits per heavy atom. The molecule has 1 rings (SSSR count). The number of nitriles is 1. The molecule has 0 amide bonds. The molecule has 0 aromatic heterocycles. The molecule has 0 heterocycles. The van der Waals surface area contributed by atoms with Crippen LogP contribution in [0.1, 0.15) is 45.1 Å². The maximum Gasteiger partial charge on any atom is 0.0728 e. The minimum absolute atomic E-state index is 0.285. The van der Waals surface area contributed by atoms with Crippen molar-refractivity contribution >= 4 is 0 Å². The SMILES string of the molecule is CCCCC(C)(C#N)/C=C/CCc1ccccc1. The smallest absolute Gasteiger partial charge is 0.0728 e. The monoisotopic (exact) mass is 241 g/mol. The van der Waals surface area contributed by atoms with E-state index in [9.17, 15) is 5.26 Å². The predicted octanol–water partition coefficient (Wildman–Crippen LogP) is 4.90. The third-order valence-corrected chi connectivity index (χ3v) is 3.23. The average molecular weight is 241 g/mol. The summed E-state index contributed by atoms with van der Waals surface area (Å²) in [7, 11) is 0. The molecule has 0 N–H and O–H groups in total. The fraction of sp³-hybridized carbons (Fsp3) is 0.471. The van der Waals surface area contributed by atoms with Gasteiger partial charge in [-0.25, -0.2) is 0 Å². The first-order valence-electron chi connectivity index (χ1n) is 6.83. The molecule has 18 heavy (non-hydrogen) atoms.